The number of rotatable bonds is 2. The zero-order valence-corrected chi connectivity index (χ0v) is 15.2. The molecule has 0 amide bonds. The standard InChI is InChI=1S/C21H18N2O4/c1-21(2,3)27-20(26)23-17-6-4-13(11-22)8-15(17)10-18(23)14-5-7-19(25)16(9-14)12-24/h4-10,12,25H,1-3H3. The summed E-state index contributed by atoms with van der Waals surface area (Å²) >= 11 is 0. The van der Waals surface area contributed by atoms with Gasteiger partial charge in [-0.3, -0.25) is 4.79 Å². The smallest absolute Gasteiger partial charge is 0.419 e. The number of aromatic hydroxyl groups is 1. The van der Waals surface area contributed by atoms with Crippen molar-refractivity contribution in [3.05, 3.63) is 53.6 Å². The molecule has 0 spiro atoms. The van der Waals surface area contributed by atoms with E-state index in [9.17, 15) is 14.7 Å². The van der Waals surface area contributed by atoms with Crippen molar-refractivity contribution in [1.82, 2.24) is 4.57 Å². The second-order valence-electron chi connectivity index (χ2n) is 7.12. The number of fused-ring (bicyclic) bond motifs is 1. The SMILES string of the molecule is CC(C)(C)OC(=O)n1c(-c2ccc(O)c(C=O)c2)cc2cc(C#N)ccc21. The maximum atomic E-state index is 12.9. The Hall–Kier alpha value is -3.59. The average molecular weight is 362 g/mol. The summed E-state index contributed by atoms with van der Waals surface area (Å²) in [6.45, 7) is 5.32. The van der Waals surface area contributed by atoms with E-state index in [4.69, 9.17) is 10.00 Å². The number of carbonyl (C=O) groups is 2. The molecule has 6 heteroatoms. The van der Waals surface area contributed by atoms with Crippen molar-refractivity contribution < 1.29 is 19.4 Å². The number of aldehydes is 1. The molecule has 1 aromatic heterocycles. The number of carbonyl (C=O) groups excluding carboxylic acids is 2. The minimum atomic E-state index is -0.694. The van der Waals surface area contributed by atoms with Crippen LogP contribution in [0.15, 0.2) is 42.5 Å². The number of aromatic nitrogens is 1. The highest BCUT2D eigenvalue weighted by Gasteiger charge is 2.23. The van der Waals surface area contributed by atoms with Gasteiger partial charge in [-0.25, -0.2) is 9.36 Å². The fourth-order valence-electron chi connectivity index (χ4n) is 2.81. The van der Waals surface area contributed by atoms with Crippen LogP contribution in [0.25, 0.3) is 22.2 Å². The molecule has 6 nitrogen and oxygen atoms in total. The van der Waals surface area contributed by atoms with Crippen LogP contribution in [0.4, 0.5) is 4.79 Å². The second kappa shape index (κ2) is 6.61. The summed E-state index contributed by atoms with van der Waals surface area (Å²) in [7, 11) is 0. The number of phenolic OH excluding ortho intramolecular Hbond substituents is 1. The molecule has 0 atom stereocenters. The lowest BCUT2D eigenvalue weighted by atomic mass is 10.1. The number of phenols is 1. The molecule has 136 valence electrons. The molecule has 0 saturated carbocycles. The highest BCUT2D eigenvalue weighted by atomic mass is 16.6. The predicted molar refractivity (Wildman–Crippen MR) is 101 cm³/mol. The van der Waals surface area contributed by atoms with Crippen molar-refractivity contribution in [2.24, 2.45) is 0 Å². The van der Waals surface area contributed by atoms with Crippen molar-refractivity contribution in [3.8, 4) is 23.1 Å². The Morgan fingerprint density at radius 1 is 1.19 bits per heavy atom. The quantitative estimate of drug-likeness (QED) is 0.679. The first-order valence-electron chi connectivity index (χ1n) is 8.31. The zero-order valence-electron chi connectivity index (χ0n) is 15.2. The molecular formula is C21H18N2O4. The van der Waals surface area contributed by atoms with Crippen LogP contribution in [-0.2, 0) is 4.74 Å². The number of nitriles is 1. The molecule has 3 aromatic rings. The molecule has 0 aliphatic carbocycles. The van der Waals surface area contributed by atoms with E-state index in [1.54, 1.807) is 51.1 Å². The van der Waals surface area contributed by atoms with Crippen LogP contribution < -0.4 is 0 Å². The Kier molecular flexibility index (Phi) is 4.46. The van der Waals surface area contributed by atoms with Gasteiger partial charge >= 0.3 is 6.09 Å². The van der Waals surface area contributed by atoms with E-state index in [0.29, 0.717) is 34.0 Å². The van der Waals surface area contributed by atoms with E-state index in [1.807, 2.05) is 0 Å². The maximum absolute atomic E-state index is 12.9. The molecule has 0 unspecified atom stereocenters. The van der Waals surface area contributed by atoms with Crippen LogP contribution >= 0.6 is 0 Å². The normalized spacial score (nSPS) is 11.2. The Morgan fingerprint density at radius 3 is 2.56 bits per heavy atom. The fraction of sp³-hybridized carbons (Fsp3) is 0.190. The minimum absolute atomic E-state index is 0.117. The summed E-state index contributed by atoms with van der Waals surface area (Å²) in [6.07, 6.45) is -0.0227. The first kappa shape index (κ1) is 18.2. The van der Waals surface area contributed by atoms with E-state index in [2.05, 4.69) is 6.07 Å². The molecule has 0 aliphatic heterocycles. The van der Waals surface area contributed by atoms with Gasteiger partial charge in [0, 0.05) is 5.39 Å². The number of benzene rings is 2. The average Bonchev–Trinajstić information content (AvgIpc) is 2.99. The monoisotopic (exact) mass is 362 g/mol. The lowest BCUT2D eigenvalue weighted by molar-refractivity contribution is 0.0547. The van der Waals surface area contributed by atoms with Gasteiger partial charge in [0.25, 0.3) is 0 Å². The third-order valence-electron chi connectivity index (χ3n) is 3.96. The Morgan fingerprint density at radius 2 is 1.93 bits per heavy atom. The topological polar surface area (TPSA) is 92.3 Å². The van der Waals surface area contributed by atoms with Gasteiger partial charge in [-0.1, -0.05) is 0 Å². The van der Waals surface area contributed by atoms with Gasteiger partial charge in [-0.2, -0.15) is 5.26 Å². The zero-order chi connectivity index (χ0) is 19.8. The highest BCUT2D eigenvalue weighted by molar-refractivity contribution is 5.97. The molecule has 27 heavy (non-hydrogen) atoms. The van der Waals surface area contributed by atoms with Crippen LogP contribution in [0.3, 0.4) is 0 Å². The third-order valence-corrected chi connectivity index (χ3v) is 3.96. The van der Waals surface area contributed by atoms with E-state index in [1.165, 1.54) is 16.7 Å². The van der Waals surface area contributed by atoms with Gasteiger partial charge < -0.3 is 9.84 Å². The largest absolute Gasteiger partial charge is 0.507 e. The van der Waals surface area contributed by atoms with Gasteiger partial charge in [0.05, 0.1) is 28.4 Å². The number of ether oxygens (including phenoxy) is 1. The summed E-state index contributed by atoms with van der Waals surface area (Å²) < 4.78 is 6.93. The summed E-state index contributed by atoms with van der Waals surface area (Å²) in [6, 6.07) is 13.3. The van der Waals surface area contributed by atoms with Gasteiger partial charge in [0.15, 0.2) is 6.29 Å². The summed E-state index contributed by atoms with van der Waals surface area (Å²) in [5.74, 6) is -0.138. The van der Waals surface area contributed by atoms with Crippen molar-refractivity contribution in [1.29, 1.82) is 5.26 Å². The highest BCUT2D eigenvalue weighted by Crippen LogP contribution is 2.32. The van der Waals surface area contributed by atoms with Crippen molar-refractivity contribution in [2.45, 2.75) is 26.4 Å². The summed E-state index contributed by atoms with van der Waals surface area (Å²) in [4.78, 5) is 24.0. The second-order valence-corrected chi connectivity index (χ2v) is 7.12. The third kappa shape index (κ3) is 3.53. The van der Waals surface area contributed by atoms with E-state index >= 15 is 0 Å². The van der Waals surface area contributed by atoms with Gasteiger partial charge in [-0.15, -0.1) is 0 Å². The maximum Gasteiger partial charge on any atom is 0.419 e. The molecule has 0 radical (unpaired) electrons. The molecule has 0 bridgehead atoms. The van der Waals surface area contributed by atoms with E-state index < -0.39 is 11.7 Å². The molecule has 1 N–H and O–H groups in total. The first-order valence-corrected chi connectivity index (χ1v) is 8.31. The molecule has 2 aromatic carbocycles. The Balaban J connectivity index is 2.27. The molecule has 0 saturated heterocycles. The minimum Gasteiger partial charge on any atom is -0.507 e. The molecule has 0 fully saturated rings. The van der Waals surface area contributed by atoms with Gasteiger partial charge in [-0.05, 0) is 68.8 Å². The van der Waals surface area contributed by atoms with Crippen LogP contribution in [-0.4, -0.2) is 27.7 Å². The fourth-order valence-corrected chi connectivity index (χ4v) is 2.81. The molecule has 1 heterocycles. The van der Waals surface area contributed by atoms with Gasteiger partial charge in [0.2, 0.25) is 0 Å². The van der Waals surface area contributed by atoms with Crippen molar-refractivity contribution in [3.63, 3.8) is 0 Å². The predicted octanol–water partition coefficient (Wildman–Crippen LogP) is 4.48. The van der Waals surface area contributed by atoms with E-state index in [-0.39, 0.29) is 11.3 Å². The number of hydrogen-bond donors (Lipinski definition) is 1. The van der Waals surface area contributed by atoms with Crippen LogP contribution in [0.5, 0.6) is 5.75 Å². The Labute approximate surface area is 156 Å². The molecule has 0 aliphatic rings. The lowest BCUT2D eigenvalue weighted by Crippen LogP contribution is -2.27. The lowest BCUT2D eigenvalue weighted by Gasteiger charge is -2.21. The van der Waals surface area contributed by atoms with Gasteiger partial charge in [0.1, 0.15) is 11.4 Å². The summed E-state index contributed by atoms with van der Waals surface area (Å²) in [5.41, 5.74) is 1.54. The van der Waals surface area contributed by atoms with Crippen molar-refractivity contribution >= 4 is 23.3 Å². The Bertz CT molecular complexity index is 1100. The van der Waals surface area contributed by atoms with Crippen LogP contribution in [0.2, 0.25) is 0 Å². The first-order chi connectivity index (χ1) is 12.7. The van der Waals surface area contributed by atoms with E-state index in [0.717, 1.165) is 0 Å². The van der Waals surface area contributed by atoms with Crippen molar-refractivity contribution in [2.75, 3.05) is 0 Å². The van der Waals surface area contributed by atoms with Crippen LogP contribution in [0, 0.1) is 11.3 Å². The molecular weight excluding hydrogens is 344 g/mol. The summed E-state index contributed by atoms with van der Waals surface area (Å²) in [5, 5.41) is 19.6. The number of nitrogens with zero attached hydrogens (tertiary/aromatic N) is 2. The van der Waals surface area contributed by atoms with Crippen LogP contribution in [0.1, 0.15) is 36.7 Å². The number of hydrogen-bond acceptors (Lipinski definition) is 5. The molecule has 3 rings (SSSR count).